The molecular weight excluding hydrogens is 280 g/mol. The molecule has 22 heavy (non-hydrogen) atoms. The van der Waals surface area contributed by atoms with Gasteiger partial charge in [0.1, 0.15) is 11.6 Å². The first-order chi connectivity index (χ1) is 10.7. The van der Waals surface area contributed by atoms with Crippen molar-refractivity contribution >= 4 is 17.4 Å². The number of furan rings is 1. The molecule has 0 aliphatic rings. The van der Waals surface area contributed by atoms with Gasteiger partial charge in [0.25, 0.3) is 0 Å². The molecule has 6 heteroatoms. The molecule has 0 aliphatic heterocycles. The number of amides is 2. The second kappa shape index (κ2) is 7.78. The molecule has 0 aromatic carbocycles. The maximum absolute atomic E-state index is 11.9. The van der Waals surface area contributed by atoms with Gasteiger partial charge in [-0.1, -0.05) is 6.07 Å². The maximum Gasteiger partial charge on any atom is 0.320 e. The zero-order valence-electron chi connectivity index (χ0n) is 12.5. The molecule has 0 bridgehead atoms. The molecule has 0 aliphatic carbocycles. The first-order valence-electron chi connectivity index (χ1n) is 6.83. The van der Waals surface area contributed by atoms with Crippen molar-refractivity contribution in [3.05, 3.63) is 60.3 Å². The lowest BCUT2D eigenvalue weighted by atomic mass is 10.2. The van der Waals surface area contributed by atoms with Gasteiger partial charge in [0.2, 0.25) is 0 Å². The lowest BCUT2D eigenvalue weighted by molar-refractivity contribution is 0.245. The van der Waals surface area contributed by atoms with E-state index in [0.29, 0.717) is 12.4 Å². The van der Waals surface area contributed by atoms with Gasteiger partial charge in [-0.05, 0) is 42.8 Å². The van der Waals surface area contributed by atoms with Gasteiger partial charge < -0.3 is 9.73 Å². The molecule has 6 nitrogen and oxygen atoms in total. The predicted molar refractivity (Wildman–Crippen MR) is 85.3 cm³/mol. The molecule has 0 saturated heterocycles. The van der Waals surface area contributed by atoms with E-state index in [9.17, 15) is 4.79 Å². The Kier molecular flexibility index (Phi) is 5.48. The van der Waals surface area contributed by atoms with Crippen molar-refractivity contribution in [3.8, 4) is 0 Å². The van der Waals surface area contributed by atoms with Gasteiger partial charge in [0, 0.05) is 13.2 Å². The van der Waals surface area contributed by atoms with E-state index in [1.54, 1.807) is 25.6 Å². The Bertz CT molecular complexity index is 661. The third kappa shape index (κ3) is 4.59. The summed E-state index contributed by atoms with van der Waals surface area (Å²) in [5.41, 5.74) is 1.66. The number of carbonyl (C=O) groups is 1. The summed E-state index contributed by atoms with van der Waals surface area (Å²) in [6, 6.07) is 8.86. The second-order valence-corrected chi connectivity index (χ2v) is 4.54. The molecule has 0 unspecified atom stereocenters. The standard InChI is InChI=1S/C16H18N4O2/c1-12(14-7-5-9-22-14)10-15(17-2)20-16(21)19-11-13-6-3-4-8-18-13/h3-10H,11H2,1-2H3,(H2,17,19,20,21)/b12-10+. The summed E-state index contributed by atoms with van der Waals surface area (Å²) in [7, 11) is 1.61. The highest BCUT2D eigenvalue weighted by Crippen LogP contribution is 2.13. The topological polar surface area (TPSA) is 79.5 Å². The van der Waals surface area contributed by atoms with Crippen molar-refractivity contribution in [2.45, 2.75) is 13.5 Å². The highest BCUT2D eigenvalue weighted by molar-refractivity contribution is 6.06. The third-order valence-corrected chi connectivity index (χ3v) is 2.90. The molecule has 2 rings (SSSR count). The first-order valence-corrected chi connectivity index (χ1v) is 6.83. The number of nitrogens with zero attached hydrogens (tertiary/aromatic N) is 2. The summed E-state index contributed by atoms with van der Waals surface area (Å²) >= 11 is 0. The molecule has 2 N–H and O–H groups in total. The van der Waals surface area contributed by atoms with Crippen LogP contribution in [0, 0.1) is 0 Å². The van der Waals surface area contributed by atoms with Gasteiger partial charge in [0.15, 0.2) is 0 Å². The van der Waals surface area contributed by atoms with Gasteiger partial charge >= 0.3 is 6.03 Å². The minimum absolute atomic E-state index is 0.338. The average Bonchev–Trinajstić information content (AvgIpc) is 3.08. The highest BCUT2D eigenvalue weighted by atomic mass is 16.3. The zero-order chi connectivity index (χ0) is 15.8. The van der Waals surface area contributed by atoms with E-state index >= 15 is 0 Å². The Hall–Kier alpha value is -2.89. The number of nitrogens with one attached hydrogen (secondary N) is 2. The van der Waals surface area contributed by atoms with Crippen LogP contribution in [0.15, 0.2) is 58.3 Å². The van der Waals surface area contributed by atoms with Gasteiger partial charge in [-0.2, -0.15) is 0 Å². The molecule has 2 aromatic rings. The minimum Gasteiger partial charge on any atom is -0.465 e. The molecule has 0 saturated carbocycles. The lowest BCUT2D eigenvalue weighted by Crippen LogP contribution is -2.38. The number of hydrogen-bond acceptors (Lipinski definition) is 4. The van der Waals surface area contributed by atoms with Crippen molar-refractivity contribution in [1.29, 1.82) is 0 Å². The molecule has 0 radical (unpaired) electrons. The van der Waals surface area contributed by atoms with Crippen LogP contribution in [-0.2, 0) is 6.54 Å². The summed E-state index contributed by atoms with van der Waals surface area (Å²) < 4.78 is 5.29. The van der Waals surface area contributed by atoms with Crippen molar-refractivity contribution < 1.29 is 9.21 Å². The van der Waals surface area contributed by atoms with Crippen molar-refractivity contribution in [3.63, 3.8) is 0 Å². The first kappa shape index (κ1) is 15.5. The number of aliphatic imine (C=N–C) groups is 1. The van der Waals surface area contributed by atoms with Crippen molar-refractivity contribution in [2.75, 3.05) is 7.05 Å². The van der Waals surface area contributed by atoms with Gasteiger partial charge in [-0.25, -0.2) is 4.79 Å². The van der Waals surface area contributed by atoms with Crippen LogP contribution in [0.5, 0.6) is 0 Å². The maximum atomic E-state index is 11.9. The number of urea groups is 1. The quantitative estimate of drug-likeness (QED) is 0.672. The zero-order valence-corrected chi connectivity index (χ0v) is 12.5. The lowest BCUT2D eigenvalue weighted by Gasteiger charge is -2.07. The average molecular weight is 298 g/mol. The Balaban J connectivity index is 1.90. The SMILES string of the molecule is CN=C(/C=C(\C)c1ccco1)NC(=O)NCc1ccccn1. The largest absolute Gasteiger partial charge is 0.465 e. The van der Waals surface area contributed by atoms with E-state index in [-0.39, 0.29) is 6.03 Å². The fourth-order valence-corrected chi connectivity index (χ4v) is 1.77. The number of rotatable bonds is 4. The van der Waals surface area contributed by atoms with E-state index < -0.39 is 0 Å². The fourth-order valence-electron chi connectivity index (χ4n) is 1.77. The molecule has 0 fully saturated rings. The number of allylic oxidation sites excluding steroid dienone is 1. The monoisotopic (exact) mass is 298 g/mol. The molecular formula is C16H18N4O2. The number of carbonyl (C=O) groups excluding carboxylic acids is 1. The molecule has 2 heterocycles. The van der Waals surface area contributed by atoms with Crippen LogP contribution in [0.2, 0.25) is 0 Å². The number of hydrogen-bond donors (Lipinski definition) is 2. The van der Waals surface area contributed by atoms with Crippen LogP contribution in [0.3, 0.4) is 0 Å². The summed E-state index contributed by atoms with van der Waals surface area (Å²) in [6.07, 6.45) is 5.03. The Labute approximate surface area is 129 Å². The normalized spacial score (nSPS) is 12.1. The van der Waals surface area contributed by atoms with Crippen LogP contribution in [0.4, 0.5) is 4.79 Å². The van der Waals surface area contributed by atoms with Crippen molar-refractivity contribution in [2.24, 2.45) is 4.99 Å². The van der Waals surface area contributed by atoms with Crippen molar-refractivity contribution in [1.82, 2.24) is 15.6 Å². The van der Waals surface area contributed by atoms with E-state index in [1.807, 2.05) is 37.3 Å². The third-order valence-electron chi connectivity index (χ3n) is 2.90. The summed E-state index contributed by atoms with van der Waals surface area (Å²) in [4.78, 5) is 20.0. The van der Waals surface area contributed by atoms with Gasteiger partial charge in [0.05, 0.1) is 18.5 Å². The van der Waals surface area contributed by atoms with E-state index in [0.717, 1.165) is 17.0 Å². The smallest absolute Gasteiger partial charge is 0.320 e. The van der Waals surface area contributed by atoms with Gasteiger partial charge in [-0.15, -0.1) is 0 Å². The van der Waals surface area contributed by atoms with Crippen LogP contribution >= 0.6 is 0 Å². The van der Waals surface area contributed by atoms with E-state index in [1.165, 1.54) is 0 Å². The summed E-state index contributed by atoms with van der Waals surface area (Å²) in [5.74, 6) is 1.18. The second-order valence-electron chi connectivity index (χ2n) is 4.54. The number of aromatic nitrogens is 1. The predicted octanol–water partition coefficient (Wildman–Crippen LogP) is 2.61. The Morgan fingerprint density at radius 3 is 2.86 bits per heavy atom. The van der Waals surface area contributed by atoms with Crippen LogP contribution in [0.25, 0.3) is 5.57 Å². The summed E-state index contributed by atoms with van der Waals surface area (Å²) in [6.45, 7) is 2.24. The summed E-state index contributed by atoms with van der Waals surface area (Å²) in [5, 5.41) is 5.41. The molecule has 0 atom stereocenters. The van der Waals surface area contributed by atoms with Crippen LogP contribution in [-0.4, -0.2) is 23.9 Å². The van der Waals surface area contributed by atoms with Crippen LogP contribution in [0.1, 0.15) is 18.4 Å². The molecule has 2 amide bonds. The van der Waals surface area contributed by atoms with Gasteiger partial charge in [-0.3, -0.25) is 15.3 Å². The highest BCUT2D eigenvalue weighted by Gasteiger charge is 2.05. The Morgan fingerprint density at radius 1 is 1.36 bits per heavy atom. The number of amidine groups is 1. The Morgan fingerprint density at radius 2 is 2.23 bits per heavy atom. The molecule has 2 aromatic heterocycles. The molecule has 0 spiro atoms. The van der Waals surface area contributed by atoms with E-state index in [4.69, 9.17) is 4.42 Å². The van der Waals surface area contributed by atoms with Crippen LogP contribution < -0.4 is 10.6 Å². The van der Waals surface area contributed by atoms with E-state index in [2.05, 4.69) is 20.6 Å². The minimum atomic E-state index is -0.338. The molecule has 114 valence electrons. The fraction of sp³-hybridized carbons (Fsp3) is 0.188. The number of pyridine rings is 1.